The van der Waals surface area contributed by atoms with Crippen LogP contribution in [0, 0.1) is 0 Å². The molecule has 1 unspecified atom stereocenters. The summed E-state index contributed by atoms with van der Waals surface area (Å²) in [6.07, 6.45) is -0.898. The average Bonchev–Trinajstić information content (AvgIpc) is 2.27. The third kappa shape index (κ3) is 3.76. The van der Waals surface area contributed by atoms with E-state index in [0.717, 1.165) is 6.07 Å². The van der Waals surface area contributed by atoms with Gasteiger partial charge in [-0.25, -0.2) is 17.9 Å². The van der Waals surface area contributed by atoms with Crippen molar-refractivity contribution in [3.05, 3.63) is 29.8 Å². The summed E-state index contributed by atoms with van der Waals surface area (Å²) in [5.41, 5.74) is -1.17. The van der Waals surface area contributed by atoms with E-state index in [1.165, 1.54) is 39.0 Å². The molecule has 3 N–H and O–H groups in total. The highest BCUT2D eigenvalue weighted by atomic mass is 32.2. The summed E-state index contributed by atoms with van der Waals surface area (Å²) < 4.78 is 26.6. The number of hydrogen-bond donors (Lipinski definition) is 3. The van der Waals surface area contributed by atoms with Gasteiger partial charge in [0.25, 0.3) is 0 Å². The Morgan fingerprint density at radius 1 is 1.37 bits per heavy atom. The molecule has 0 heterocycles. The molecule has 0 fully saturated rings. The minimum absolute atomic E-state index is 0.113. The van der Waals surface area contributed by atoms with Gasteiger partial charge in [0.05, 0.1) is 22.1 Å². The van der Waals surface area contributed by atoms with E-state index in [0.29, 0.717) is 0 Å². The van der Waals surface area contributed by atoms with Gasteiger partial charge in [0, 0.05) is 0 Å². The number of hydrogen-bond acceptors (Lipinski definition) is 4. The lowest BCUT2D eigenvalue weighted by atomic mass is 10.0. The fourth-order valence-electron chi connectivity index (χ4n) is 1.29. The Morgan fingerprint density at radius 3 is 2.42 bits per heavy atom. The van der Waals surface area contributed by atoms with Crippen LogP contribution in [0.2, 0.25) is 0 Å². The van der Waals surface area contributed by atoms with Crippen molar-refractivity contribution in [3.8, 4) is 0 Å². The molecule has 6 nitrogen and oxygen atoms in total. The molecule has 0 bridgehead atoms. The second-order valence-electron chi connectivity index (χ2n) is 4.84. The van der Waals surface area contributed by atoms with Crippen LogP contribution in [0.4, 0.5) is 0 Å². The van der Waals surface area contributed by atoms with Crippen molar-refractivity contribution in [2.45, 2.75) is 37.3 Å². The van der Waals surface area contributed by atoms with Crippen LogP contribution in [0.3, 0.4) is 0 Å². The molecule has 0 aliphatic carbocycles. The smallest absolute Gasteiger partial charge is 0.335 e. The van der Waals surface area contributed by atoms with Crippen molar-refractivity contribution in [1.82, 2.24) is 4.72 Å². The van der Waals surface area contributed by atoms with E-state index < -0.39 is 27.6 Å². The number of nitrogens with one attached hydrogen (secondary N) is 1. The first-order valence-electron chi connectivity index (χ1n) is 5.61. The fourth-order valence-corrected chi connectivity index (χ4v) is 2.81. The number of benzene rings is 1. The molecule has 0 aromatic heterocycles. The molecular formula is C12H17NO5S. The van der Waals surface area contributed by atoms with Gasteiger partial charge in [0.15, 0.2) is 0 Å². The number of aliphatic hydroxyl groups excluding tert-OH is 1. The number of carbonyl (C=O) groups is 1. The van der Waals surface area contributed by atoms with E-state index in [2.05, 4.69) is 4.72 Å². The third-order valence-corrected chi connectivity index (χ3v) is 4.50. The minimum Gasteiger partial charge on any atom is -0.478 e. The quantitative estimate of drug-likeness (QED) is 0.744. The van der Waals surface area contributed by atoms with Crippen molar-refractivity contribution in [3.63, 3.8) is 0 Å². The van der Waals surface area contributed by atoms with Crippen molar-refractivity contribution in [2.75, 3.05) is 0 Å². The first kappa shape index (κ1) is 15.6. The molecule has 0 amide bonds. The summed E-state index contributed by atoms with van der Waals surface area (Å²) >= 11 is 0. The van der Waals surface area contributed by atoms with Crippen molar-refractivity contribution in [2.24, 2.45) is 0 Å². The number of rotatable bonds is 5. The Morgan fingerprint density at radius 2 is 1.95 bits per heavy atom. The highest BCUT2D eigenvalue weighted by molar-refractivity contribution is 7.89. The third-order valence-electron chi connectivity index (χ3n) is 2.83. The molecule has 0 saturated heterocycles. The zero-order valence-corrected chi connectivity index (χ0v) is 11.7. The monoisotopic (exact) mass is 287 g/mol. The van der Waals surface area contributed by atoms with Crippen molar-refractivity contribution in [1.29, 1.82) is 0 Å². The molecule has 19 heavy (non-hydrogen) atoms. The molecule has 1 rings (SSSR count). The number of aliphatic hydroxyl groups is 1. The first-order chi connectivity index (χ1) is 8.56. The van der Waals surface area contributed by atoms with Crippen molar-refractivity contribution < 1.29 is 23.4 Å². The summed E-state index contributed by atoms with van der Waals surface area (Å²) in [6.45, 7) is 4.54. The lowest BCUT2D eigenvalue weighted by Crippen LogP contribution is -2.50. The lowest BCUT2D eigenvalue weighted by molar-refractivity contribution is 0.0696. The molecular weight excluding hydrogens is 270 g/mol. The second-order valence-corrected chi connectivity index (χ2v) is 6.52. The average molecular weight is 287 g/mol. The predicted octanol–water partition coefficient (Wildman–Crippen LogP) is 0.823. The van der Waals surface area contributed by atoms with E-state index in [-0.39, 0.29) is 10.5 Å². The molecule has 1 aromatic carbocycles. The highest BCUT2D eigenvalue weighted by Crippen LogP contribution is 2.17. The van der Waals surface area contributed by atoms with Crippen molar-refractivity contribution >= 4 is 16.0 Å². The first-order valence-corrected chi connectivity index (χ1v) is 7.10. The second kappa shape index (κ2) is 5.28. The number of sulfonamides is 1. The Hall–Kier alpha value is -1.44. The predicted molar refractivity (Wildman–Crippen MR) is 69.5 cm³/mol. The summed E-state index contributed by atoms with van der Waals surface area (Å²) in [7, 11) is -3.89. The van der Waals surface area contributed by atoms with E-state index in [4.69, 9.17) is 5.11 Å². The Kier molecular flexibility index (Phi) is 4.34. The summed E-state index contributed by atoms with van der Waals surface area (Å²) in [6, 6.07) is 5.03. The van der Waals surface area contributed by atoms with E-state index >= 15 is 0 Å². The Bertz CT molecular complexity index is 578. The summed E-state index contributed by atoms with van der Waals surface area (Å²) in [5, 5.41) is 18.4. The molecule has 1 aromatic rings. The van der Waals surface area contributed by atoms with Crippen LogP contribution in [0.5, 0.6) is 0 Å². The largest absolute Gasteiger partial charge is 0.478 e. The van der Waals surface area contributed by atoms with Crippen LogP contribution in [-0.2, 0) is 10.0 Å². The molecule has 0 saturated carbocycles. The van der Waals surface area contributed by atoms with Gasteiger partial charge in [0.1, 0.15) is 0 Å². The normalized spacial score (nSPS) is 14.1. The Balaban J connectivity index is 3.14. The van der Waals surface area contributed by atoms with Gasteiger partial charge in [-0.2, -0.15) is 0 Å². The molecule has 106 valence electrons. The maximum atomic E-state index is 12.1. The molecule has 1 atom stereocenters. The van der Waals surface area contributed by atoms with Gasteiger partial charge in [0.2, 0.25) is 10.0 Å². The van der Waals surface area contributed by atoms with Gasteiger partial charge in [-0.1, -0.05) is 6.07 Å². The lowest BCUT2D eigenvalue weighted by Gasteiger charge is -2.28. The number of carboxylic acid groups (broad SMARTS) is 1. The molecule has 7 heteroatoms. The van der Waals surface area contributed by atoms with E-state index in [1.807, 2.05) is 0 Å². The summed E-state index contributed by atoms with van der Waals surface area (Å²) in [4.78, 5) is 10.7. The van der Waals surface area contributed by atoms with E-state index in [1.54, 1.807) is 0 Å². The van der Waals surface area contributed by atoms with Crippen LogP contribution in [0.15, 0.2) is 29.2 Å². The molecule has 0 aliphatic rings. The Labute approximate surface area is 112 Å². The van der Waals surface area contributed by atoms with Crippen LogP contribution >= 0.6 is 0 Å². The SMILES string of the molecule is CC(O)C(C)(C)NS(=O)(=O)c1cccc(C(=O)O)c1. The maximum Gasteiger partial charge on any atom is 0.335 e. The standard InChI is InChI=1S/C12H17NO5S/c1-8(14)12(2,3)13-19(17,18)10-6-4-5-9(7-10)11(15)16/h4-8,13-14H,1-3H3,(H,15,16). The highest BCUT2D eigenvalue weighted by Gasteiger charge is 2.30. The van der Waals surface area contributed by atoms with E-state index in [9.17, 15) is 18.3 Å². The van der Waals surface area contributed by atoms with Gasteiger partial charge in [-0.05, 0) is 39.0 Å². The van der Waals surface area contributed by atoms with Gasteiger partial charge in [-0.15, -0.1) is 0 Å². The van der Waals surface area contributed by atoms with Crippen LogP contribution in [-0.4, -0.2) is 36.2 Å². The van der Waals surface area contributed by atoms with Gasteiger partial charge in [-0.3, -0.25) is 0 Å². The maximum absolute atomic E-state index is 12.1. The molecule has 0 aliphatic heterocycles. The molecule has 0 radical (unpaired) electrons. The topological polar surface area (TPSA) is 104 Å². The zero-order chi connectivity index (χ0) is 14.8. The van der Waals surface area contributed by atoms with Crippen LogP contribution in [0.1, 0.15) is 31.1 Å². The number of carboxylic acids is 1. The van der Waals surface area contributed by atoms with Crippen LogP contribution in [0.25, 0.3) is 0 Å². The summed E-state index contributed by atoms with van der Waals surface area (Å²) in [5.74, 6) is -1.20. The van der Waals surface area contributed by atoms with Gasteiger partial charge < -0.3 is 10.2 Å². The zero-order valence-electron chi connectivity index (χ0n) is 10.9. The molecule has 0 spiro atoms. The minimum atomic E-state index is -3.89. The van der Waals surface area contributed by atoms with Crippen LogP contribution < -0.4 is 4.72 Å². The number of aromatic carboxylic acids is 1. The van der Waals surface area contributed by atoms with Gasteiger partial charge >= 0.3 is 5.97 Å². The fraction of sp³-hybridized carbons (Fsp3) is 0.417.